The molecule has 1 aliphatic carbocycles. The molecule has 1 aromatic carbocycles. The molecule has 6 nitrogen and oxygen atoms in total. The molecule has 2 aromatic rings. The second-order valence-electron chi connectivity index (χ2n) is 6.28. The monoisotopic (exact) mass is 360 g/mol. The van der Waals surface area contributed by atoms with E-state index < -0.39 is 5.97 Å². The van der Waals surface area contributed by atoms with Crippen LogP contribution in [0.4, 0.5) is 0 Å². The van der Waals surface area contributed by atoms with E-state index in [0.717, 1.165) is 10.8 Å². The van der Waals surface area contributed by atoms with Gasteiger partial charge in [0.15, 0.2) is 0 Å². The quantitative estimate of drug-likeness (QED) is 0.792. The maximum atomic E-state index is 12.0. The topological polar surface area (TPSA) is 88.5 Å². The van der Waals surface area contributed by atoms with Crippen LogP contribution in [-0.2, 0) is 22.6 Å². The summed E-state index contributed by atoms with van der Waals surface area (Å²) in [5.74, 6) is -0.443. The van der Waals surface area contributed by atoms with Crippen molar-refractivity contribution in [2.45, 2.75) is 38.8 Å². The Bertz CT molecular complexity index is 751. The Morgan fingerprint density at radius 1 is 1.32 bits per heavy atom. The zero-order valence-corrected chi connectivity index (χ0v) is 14.7. The van der Waals surface area contributed by atoms with Crippen molar-refractivity contribution < 1.29 is 19.4 Å². The number of carboxylic acid groups (broad SMARTS) is 1. The van der Waals surface area contributed by atoms with E-state index in [2.05, 4.69) is 10.3 Å². The number of aromatic nitrogens is 1. The number of nitrogens with one attached hydrogen (secondary N) is 1. The normalized spacial score (nSPS) is 19.1. The van der Waals surface area contributed by atoms with Crippen LogP contribution < -0.4 is 10.1 Å². The number of hydrogen-bond acceptors (Lipinski definition) is 5. The maximum Gasteiger partial charge on any atom is 0.306 e. The van der Waals surface area contributed by atoms with Gasteiger partial charge in [-0.3, -0.25) is 9.59 Å². The first-order chi connectivity index (χ1) is 12.0. The van der Waals surface area contributed by atoms with E-state index in [1.165, 1.54) is 16.9 Å². The largest absolute Gasteiger partial charge is 0.486 e. The number of hydrogen-bond donors (Lipinski definition) is 2. The van der Waals surface area contributed by atoms with Crippen LogP contribution in [0.5, 0.6) is 5.75 Å². The van der Waals surface area contributed by atoms with Crippen molar-refractivity contribution in [1.29, 1.82) is 0 Å². The maximum absolute atomic E-state index is 12.0. The number of carbonyl (C=O) groups is 2. The lowest BCUT2D eigenvalue weighted by atomic mass is 9.80. The Morgan fingerprint density at radius 2 is 2.04 bits per heavy atom. The van der Waals surface area contributed by atoms with Crippen molar-refractivity contribution in [2.24, 2.45) is 5.92 Å². The molecule has 1 aliphatic rings. The Morgan fingerprint density at radius 3 is 2.72 bits per heavy atom. The number of aryl methyl sites for hydroxylation is 1. The van der Waals surface area contributed by atoms with E-state index in [-0.39, 0.29) is 24.3 Å². The van der Waals surface area contributed by atoms with Crippen molar-refractivity contribution in [3.63, 3.8) is 0 Å². The highest BCUT2D eigenvalue weighted by molar-refractivity contribution is 7.09. The zero-order valence-electron chi connectivity index (χ0n) is 13.9. The number of carbonyl (C=O) groups excluding carboxylic acids is 1. The molecule has 0 saturated heterocycles. The van der Waals surface area contributed by atoms with Gasteiger partial charge in [-0.15, -0.1) is 11.3 Å². The highest BCUT2D eigenvalue weighted by atomic mass is 32.1. The van der Waals surface area contributed by atoms with E-state index in [0.29, 0.717) is 25.1 Å². The van der Waals surface area contributed by atoms with Gasteiger partial charge in [-0.25, -0.2) is 4.98 Å². The summed E-state index contributed by atoms with van der Waals surface area (Å²) in [6, 6.07) is 7.78. The molecule has 1 aromatic heterocycles. The third-order valence-corrected chi connectivity index (χ3v) is 5.05. The summed E-state index contributed by atoms with van der Waals surface area (Å²) in [5.41, 5.74) is 1.88. The summed E-state index contributed by atoms with van der Waals surface area (Å²) in [7, 11) is 0. The molecule has 25 heavy (non-hydrogen) atoms. The van der Waals surface area contributed by atoms with Crippen molar-refractivity contribution in [3.05, 3.63) is 45.9 Å². The second kappa shape index (κ2) is 7.65. The fourth-order valence-electron chi connectivity index (χ4n) is 2.66. The fourth-order valence-corrected chi connectivity index (χ4v) is 3.36. The number of nitrogens with zero attached hydrogens (tertiary/aromatic N) is 1. The minimum atomic E-state index is -0.789. The van der Waals surface area contributed by atoms with E-state index >= 15 is 0 Å². The zero-order chi connectivity index (χ0) is 17.8. The van der Waals surface area contributed by atoms with Crippen LogP contribution in [0, 0.1) is 12.8 Å². The van der Waals surface area contributed by atoms with Gasteiger partial charge in [0.25, 0.3) is 0 Å². The molecule has 0 aliphatic heterocycles. The molecular weight excluding hydrogens is 340 g/mol. The summed E-state index contributed by atoms with van der Waals surface area (Å²) in [6.07, 6.45) is 1.22. The lowest BCUT2D eigenvalue weighted by molar-refractivity contribution is -0.146. The van der Waals surface area contributed by atoms with Crippen molar-refractivity contribution in [1.82, 2.24) is 10.3 Å². The standard InChI is InChI=1S/C18H20N2O4S/c1-11-2-4-15(5-3-11)24-9-17-20-14(10-25-17)8-16(21)19-13-6-12(7-13)18(22)23/h2-5,10,12-13H,6-9H2,1H3,(H,19,21)(H,22,23). The Kier molecular flexibility index (Phi) is 5.33. The molecule has 3 rings (SSSR count). The molecule has 0 bridgehead atoms. The Hall–Kier alpha value is -2.41. The van der Waals surface area contributed by atoms with Crippen molar-refractivity contribution in [2.75, 3.05) is 0 Å². The first kappa shape index (κ1) is 17.4. The molecular formula is C18H20N2O4S. The molecule has 7 heteroatoms. The summed E-state index contributed by atoms with van der Waals surface area (Å²) in [6.45, 7) is 2.39. The molecule has 1 saturated carbocycles. The number of ether oxygens (including phenoxy) is 1. The summed E-state index contributed by atoms with van der Waals surface area (Å²) in [4.78, 5) is 27.2. The van der Waals surface area contributed by atoms with E-state index in [1.54, 1.807) is 0 Å². The minimum absolute atomic E-state index is 0.0309. The summed E-state index contributed by atoms with van der Waals surface area (Å²) in [5, 5.41) is 14.4. The third kappa shape index (κ3) is 4.79. The fraction of sp³-hybridized carbons (Fsp3) is 0.389. The molecule has 0 unspecified atom stereocenters. The van der Waals surface area contributed by atoms with Crippen LogP contribution in [0.2, 0.25) is 0 Å². The van der Waals surface area contributed by atoms with Crippen LogP contribution in [0.1, 0.15) is 29.1 Å². The van der Waals surface area contributed by atoms with Gasteiger partial charge >= 0.3 is 5.97 Å². The average Bonchev–Trinajstić information content (AvgIpc) is 2.97. The lowest BCUT2D eigenvalue weighted by Crippen LogP contribution is -2.47. The van der Waals surface area contributed by atoms with Crippen LogP contribution in [0.25, 0.3) is 0 Å². The minimum Gasteiger partial charge on any atom is -0.486 e. The summed E-state index contributed by atoms with van der Waals surface area (Å²) >= 11 is 1.46. The van der Waals surface area contributed by atoms with Gasteiger partial charge in [-0.05, 0) is 31.9 Å². The van der Waals surface area contributed by atoms with Crippen molar-refractivity contribution in [3.8, 4) is 5.75 Å². The average molecular weight is 360 g/mol. The molecule has 0 radical (unpaired) electrons. The predicted octanol–water partition coefficient (Wildman–Crippen LogP) is 2.55. The van der Waals surface area contributed by atoms with Gasteiger partial charge in [0.05, 0.1) is 18.0 Å². The highest BCUT2D eigenvalue weighted by Crippen LogP contribution is 2.27. The molecule has 0 atom stereocenters. The number of benzene rings is 1. The molecule has 0 spiro atoms. The number of amides is 1. The molecule has 1 fully saturated rings. The molecule has 132 valence electrons. The van der Waals surface area contributed by atoms with Crippen molar-refractivity contribution >= 4 is 23.2 Å². The van der Waals surface area contributed by atoms with Gasteiger partial charge in [0.2, 0.25) is 5.91 Å². The lowest BCUT2D eigenvalue weighted by Gasteiger charge is -2.32. The predicted molar refractivity (Wildman–Crippen MR) is 93.6 cm³/mol. The van der Waals surface area contributed by atoms with Gasteiger partial charge < -0.3 is 15.2 Å². The Balaban J connectivity index is 1.43. The molecule has 1 heterocycles. The second-order valence-corrected chi connectivity index (χ2v) is 7.22. The highest BCUT2D eigenvalue weighted by Gasteiger charge is 2.35. The number of thiazole rings is 1. The van der Waals surface area contributed by atoms with Gasteiger partial charge in [0.1, 0.15) is 17.4 Å². The van der Waals surface area contributed by atoms with Gasteiger partial charge in [-0.2, -0.15) is 0 Å². The van der Waals surface area contributed by atoms with Crippen LogP contribution in [-0.4, -0.2) is 28.0 Å². The van der Waals surface area contributed by atoms with E-state index in [1.807, 2.05) is 36.6 Å². The smallest absolute Gasteiger partial charge is 0.306 e. The molecule has 2 N–H and O–H groups in total. The SMILES string of the molecule is Cc1ccc(OCc2nc(CC(=O)NC3CC(C(=O)O)C3)cs2)cc1. The van der Waals surface area contributed by atoms with Gasteiger partial charge in [-0.1, -0.05) is 17.7 Å². The van der Waals surface area contributed by atoms with Gasteiger partial charge in [0, 0.05) is 11.4 Å². The summed E-state index contributed by atoms with van der Waals surface area (Å²) < 4.78 is 5.68. The third-order valence-electron chi connectivity index (χ3n) is 4.18. The van der Waals surface area contributed by atoms with E-state index in [4.69, 9.17) is 9.84 Å². The van der Waals surface area contributed by atoms with Crippen LogP contribution in [0.15, 0.2) is 29.6 Å². The Labute approximate surface area is 149 Å². The van der Waals surface area contributed by atoms with E-state index in [9.17, 15) is 9.59 Å². The number of rotatable bonds is 7. The van der Waals surface area contributed by atoms with Crippen LogP contribution in [0.3, 0.4) is 0 Å². The molecule has 1 amide bonds. The number of aliphatic carboxylic acids is 1. The number of carboxylic acids is 1. The van der Waals surface area contributed by atoms with Crippen LogP contribution >= 0.6 is 11.3 Å². The first-order valence-electron chi connectivity index (χ1n) is 8.14. The first-order valence-corrected chi connectivity index (χ1v) is 9.02.